The second kappa shape index (κ2) is 7.19. The zero-order valence-electron chi connectivity index (χ0n) is 17.2. The molecular weight excluding hydrogens is 400 g/mol. The van der Waals surface area contributed by atoms with Crippen molar-refractivity contribution in [2.24, 2.45) is 0 Å². The molecule has 5 rings (SSSR count). The minimum absolute atomic E-state index is 0.100. The van der Waals surface area contributed by atoms with Gasteiger partial charge in [-0.3, -0.25) is 14.7 Å². The lowest BCUT2D eigenvalue weighted by atomic mass is 9.96. The Morgan fingerprint density at radius 2 is 1.97 bits per heavy atom. The highest BCUT2D eigenvalue weighted by molar-refractivity contribution is 6.00. The van der Waals surface area contributed by atoms with Crippen LogP contribution >= 0.6 is 0 Å². The largest absolute Gasteiger partial charge is 0.497 e. The summed E-state index contributed by atoms with van der Waals surface area (Å²) in [7, 11) is 3.12. The molecule has 31 heavy (non-hydrogen) atoms. The van der Waals surface area contributed by atoms with Gasteiger partial charge in [0.2, 0.25) is 0 Å². The van der Waals surface area contributed by atoms with E-state index in [0.29, 0.717) is 54.3 Å². The third-order valence-electron chi connectivity index (χ3n) is 5.92. The number of carbonyl (C=O) groups is 2. The molecule has 3 aromatic rings. The van der Waals surface area contributed by atoms with Crippen LogP contribution in [0.4, 0.5) is 0 Å². The number of carbonyl (C=O) groups excluding carboxylic acids is 2. The van der Waals surface area contributed by atoms with E-state index in [1.54, 1.807) is 55.6 Å². The lowest BCUT2D eigenvalue weighted by molar-refractivity contribution is -0.0246. The molecule has 9 nitrogen and oxygen atoms in total. The number of rotatable bonds is 3. The fourth-order valence-electron chi connectivity index (χ4n) is 4.20. The highest BCUT2D eigenvalue weighted by atomic mass is 16.5. The molecule has 1 aromatic heterocycles. The number of amides is 2. The molecule has 2 aliphatic heterocycles. The van der Waals surface area contributed by atoms with Crippen molar-refractivity contribution in [1.82, 2.24) is 20.4 Å². The molecular formula is C22H22N4O5. The molecule has 2 amide bonds. The summed E-state index contributed by atoms with van der Waals surface area (Å²) in [6.07, 6.45) is 2.64. The number of benzene rings is 2. The number of methoxy groups -OCH3 is 2. The number of nitrogens with zero attached hydrogens (tertiary/aromatic N) is 2. The molecule has 1 spiro atoms. The van der Waals surface area contributed by atoms with Crippen LogP contribution in [-0.4, -0.2) is 59.9 Å². The van der Waals surface area contributed by atoms with Crippen LogP contribution in [0.15, 0.2) is 36.5 Å². The molecule has 0 saturated carbocycles. The Morgan fingerprint density at radius 3 is 2.71 bits per heavy atom. The van der Waals surface area contributed by atoms with Crippen LogP contribution in [-0.2, 0) is 0 Å². The highest BCUT2D eigenvalue weighted by Gasteiger charge is 2.43. The predicted molar refractivity (Wildman–Crippen MR) is 112 cm³/mol. The average molecular weight is 422 g/mol. The Kier molecular flexibility index (Phi) is 4.46. The van der Waals surface area contributed by atoms with Gasteiger partial charge in [-0.15, -0.1) is 0 Å². The summed E-state index contributed by atoms with van der Waals surface area (Å²) in [5.74, 6) is 1.42. The van der Waals surface area contributed by atoms with Gasteiger partial charge in [-0.1, -0.05) is 0 Å². The molecule has 3 heterocycles. The van der Waals surface area contributed by atoms with Crippen LogP contribution in [0.5, 0.6) is 17.2 Å². The number of H-pyrrole nitrogens is 1. The number of likely N-dealkylation sites (tertiary alicyclic amines) is 1. The molecule has 0 atom stereocenters. The van der Waals surface area contributed by atoms with Crippen molar-refractivity contribution < 1.29 is 23.8 Å². The minimum atomic E-state index is -0.819. The van der Waals surface area contributed by atoms with Crippen molar-refractivity contribution in [1.29, 1.82) is 0 Å². The van der Waals surface area contributed by atoms with Gasteiger partial charge in [0.1, 0.15) is 17.2 Å². The number of aromatic nitrogens is 2. The quantitative estimate of drug-likeness (QED) is 0.671. The van der Waals surface area contributed by atoms with Gasteiger partial charge in [0.05, 0.1) is 36.9 Å². The number of hydrogen-bond acceptors (Lipinski definition) is 6. The Balaban J connectivity index is 1.33. The van der Waals surface area contributed by atoms with Crippen molar-refractivity contribution in [3.63, 3.8) is 0 Å². The summed E-state index contributed by atoms with van der Waals surface area (Å²) in [5.41, 5.74) is 0.894. The number of nitrogens with one attached hydrogen (secondary N) is 2. The van der Waals surface area contributed by atoms with E-state index in [4.69, 9.17) is 14.2 Å². The van der Waals surface area contributed by atoms with Gasteiger partial charge >= 0.3 is 0 Å². The van der Waals surface area contributed by atoms with E-state index < -0.39 is 5.72 Å². The molecule has 2 N–H and O–H groups in total. The normalized spacial score (nSPS) is 17.1. The zero-order valence-corrected chi connectivity index (χ0v) is 17.2. The van der Waals surface area contributed by atoms with Crippen molar-refractivity contribution in [3.05, 3.63) is 47.7 Å². The Bertz CT molecular complexity index is 1180. The van der Waals surface area contributed by atoms with E-state index >= 15 is 0 Å². The van der Waals surface area contributed by atoms with E-state index in [9.17, 15) is 9.59 Å². The maximum absolute atomic E-state index is 13.1. The molecule has 160 valence electrons. The van der Waals surface area contributed by atoms with E-state index in [-0.39, 0.29) is 11.8 Å². The standard InChI is InChI=1S/C22H22N4O5/c1-29-14-3-4-18-15(11-14)20(27)24-22(31-18)5-7-26(8-6-22)21(28)13-9-17-16(12-23-25-17)19(10-13)30-2/h3-4,9-12H,5-8H2,1-2H3,(H,23,25)(H,24,27). The van der Waals surface area contributed by atoms with Crippen LogP contribution < -0.4 is 19.5 Å². The third kappa shape index (κ3) is 3.22. The van der Waals surface area contributed by atoms with Gasteiger partial charge in [-0.05, 0) is 30.3 Å². The van der Waals surface area contributed by atoms with Crippen LogP contribution in [0.3, 0.4) is 0 Å². The monoisotopic (exact) mass is 422 g/mol. The van der Waals surface area contributed by atoms with Crippen LogP contribution in [0.25, 0.3) is 10.9 Å². The number of hydrogen-bond donors (Lipinski definition) is 2. The van der Waals surface area contributed by atoms with Gasteiger partial charge in [-0.2, -0.15) is 5.10 Å². The summed E-state index contributed by atoms with van der Waals surface area (Å²) < 4.78 is 16.8. The third-order valence-corrected chi connectivity index (χ3v) is 5.92. The summed E-state index contributed by atoms with van der Waals surface area (Å²) in [6, 6.07) is 8.68. The van der Waals surface area contributed by atoms with Crippen molar-refractivity contribution in [2.75, 3.05) is 27.3 Å². The molecule has 2 aromatic carbocycles. The molecule has 1 fully saturated rings. The maximum atomic E-state index is 13.1. The lowest BCUT2D eigenvalue weighted by Gasteiger charge is -2.44. The summed E-state index contributed by atoms with van der Waals surface area (Å²) in [4.78, 5) is 27.6. The molecule has 2 aliphatic rings. The molecule has 0 aliphatic carbocycles. The van der Waals surface area contributed by atoms with Gasteiger partial charge in [0.15, 0.2) is 5.72 Å². The maximum Gasteiger partial charge on any atom is 0.258 e. The number of ether oxygens (including phenoxy) is 3. The van der Waals surface area contributed by atoms with Gasteiger partial charge < -0.3 is 24.4 Å². The Labute approximate surface area is 178 Å². The Hall–Kier alpha value is -3.75. The summed E-state index contributed by atoms with van der Waals surface area (Å²) in [5, 5.41) is 10.7. The molecule has 0 unspecified atom stereocenters. The lowest BCUT2D eigenvalue weighted by Crippen LogP contribution is -2.61. The highest BCUT2D eigenvalue weighted by Crippen LogP contribution is 2.36. The van der Waals surface area contributed by atoms with E-state index in [1.165, 1.54) is 0 Å². The van der Waals surface area contributed by atoms with Gasteiger partial charge in [0.25, 0.3) is 11.8 Å². The Morgan fingerprint density at radius 1 is 1.16 bits per heavy atom. The number of aromatic amines is 1. The predicted octanol–water partition coefficient (Wildman–Crippen LogP) is 2.33. The fourth-order valence-corrected chi connectivity index (χ4v) is 4.20. The van der Waals surface area contributed by atoms with Crippen LogP contribution in [0.2, 0.25) is 0 Å². The molecule has 0 bridgehead atoms. The van der Waals surface area contributed by atoms with Crippen molar-refractivity contribution >= 4 is 22.7 Å². The molecule has 0 radical (unpaired) electrons. The number of piperidine rings is 1. The second-order valence-electron chi connectivity index (χ2n) is 7.71. The fraction of sp³-hybridized carbons (Fsp3) is 0.318. The second-order valence-corrected chi connectivity index (χ2v) is 7.71. The summed E-state index contributed by atoms with van der Waals surface area (Å²) in [6.45, 7) is 0.905. The first-order chi connectivity index (χ1) is 15.0. The van der Waals surface area contributed by atoms with Crippen molar-refractivity contribution in [3.8, 4) is 17.2 Å². The van der Waals surface area contributed by atoms with Crippen LogP contribution in [0, 0.1) is 0 Å². The molecule has 1 saturated heterocycles. The zero-order chi connectivity index (χ0) is 21.6. The first kappa shape index (κ1) is 19.2. The smallest absolute Gasteiger partial charge is 0.258 e. The van der Waals surface area contributed by atoms with Crippen molar-refractivity contribution in [2.45, 2.75) is 18.6 Å². The van der Waals surface area contributed by atoms with Gasteiger partial charge in [0, 0.05) is 31.5 Å². The van der Waals surface area contributed by atoms with E-state index in [2.05, 4.69) is 15.5 Å². The van der Waals surface area contributed by atoms with E-state index in [1.807, 2.05) is 0 Å². The minimum Gasteiger partial charge on any atom is -0.497 e. The number of fused-ring (bicyclic) bond motifs is 2. The SMILES string of the molecule is COc1ccc2c(c1)C(=O)NC1(CCN(C(=O)c3cc(OC)c4cn[nH]c4c3)CC1)O2. The summed E-state index contributed by atoms with van der Waals surface area (Å²) >= 11 is 0. The topological polar surface area (TPSA) is 106 Å². The van der Waals surface area contributed by atoms with E-state index in [0.717, 1.165) is 10.9 Å². The van der Waals surface area contributed by atoms with Gasteiger partial charge in [-0.25, -0.2) is 0 Å². The first-order valence-corrected chi connectivity index (χ1v) is 10.0. The molecule has 9 heteroatoms. The van der Waals surface area contributed by atoms with Crippen LogP contribution in [0.1, 0.15) is 33.6 Å². The first-order valence-electron chi connectivity index (χ1n) is 10.0. The average Bonchev–Trinajstić information content (AvgIpc) is 3.27.